The molecule has 0 atom stereocenters. The highest BCUT2D eigenvalue weighted by Crippen LogP contribution is 2.37. The molecule has 0 unspecified atom stereocenters. The molecular formula is C27H33F2N5O. The average molecular weight is 482 g/mol. The van der Waals surface area contributed by atoms with Crippen LogP contribution in [-0.2, 0) is 0 Å². The lowest BCUT2D eigenvalue weighted by molar-refractivity contribution is 0.222. The highest BCUT2D eigenvalue weighted by Gasteiger charge is 2.27. The van der Waals surface area contributed by atoms with Gasteiger partial charge in [-0.3, -0.25) is 4.99 Å². The Morgan fingerprint density at radius 3 is 2.57 bits per heavy atom. The Balaban J connectivity index is 1.32. The number of piperidine rings is 1. The van der Waals surface area contributed by atoms with Crippen molar-refractivity contribution in [3.63, 3.8) is 0 Å². The van der Waals surface area contributed by atoms with Gasteiger partial charge in [0.15, 0.2) is 17.4 Å². The Bertz CT molecular complexity index is 1120. The number of nitrogens with zero attached hydrogens (tertiary/aromatic N) is 5. The minimum absolute atomic E-state index is 0.150. The maximum absolute atomic E-state index is 15.2. The van der Waals surface area contributed by atoms with Crippen molar-refractivity contribution in [1.82, 2.24) is 9.88 Å². The van der Waals surface area contributed by atoms with Crippen LogP contribution in [0.1, 0.15) is 50.7 Å². The predicted octanol–water partition coefficient (Wildman–Crippen LogP) is 5.10. The Morgan fingerprint density at radius 1 is 1.11 bits per heavy atom. The highest BCUT2D eigenvalue weighted by atomic mass is 19.1. The smallest absolute Gasteiger partial charge is 0.178 e. The summed E-state index contributed by atoms with van der Waals surface area (Å²) in [5.41, 5.74) is 2.43. The Labute approximate surface area is 205 Å². The van der Waals surface area contributed by atoms with Gasteiger partial charge in [0, 0.05) is 24.0 Å². The molecule has 1 aromatic heterocycles. The number of fused-ring (bicyclic) bond motifs is 1. The fourth-order valence-electron chi connectivity index (χ4n) is 5.20. The van der Waals surface area contributed by atoms with Gasteiger partial charge in [-0.05, 0) is 76.0 Å². The van der Waals surface area contributed by atoms with Crippen LogP contribution in [0.4, 0.5) is 20.3 Å². The van der Waals surface area contributed by atoms with E-state index in [1.165, 1.54) is 17.8 Å². The first kappa shape index (κ1) is 23.7. The fraction of sp³-hybridized carbons (Fsp3) is 0.481. The van der Waals surface area contributed by atoms with Gasteiger partial charge in [-0.2, -0.15) is 0 Å². The molecular weight excluding hydrogens is 448 g/mol. The van der Waals surface area contributed by atoms with Crippen LogP contribution in [0.5, 0.6) is 5.75 Å². The van der Waals surface area contributed by atoms with Crippen molar-refractivity contribution in [1.29, 1.82) is 0 Å². The fourth-order valence-corrected chi connectivity index (χ4v) is 5.20. The molecule has 1 saturated heterocycles. The van der Waals surface area contributed by atoms with Crippen molar-refractivity contribution >= 4 is 17.2 Å². The van der Waals surface area contributed by atoms with Crippen LogP contribution in [0.3, 0.4) is 0 Å². The first-order valence-corrected chi connectivity index (χ1v) is 12.5. The van der Waals surface area contributed by atoms with Gasteiger partial charge in [-0.15, -0.1) is 0 Å². The van der Waals surface area contributed by atoms with Gasteiger partial charge in [0.2, 0.25) is 0 Å². The molecule has 0 amide bonds. The van der Waals surface area contributed by atoms with E-state index in [-0.39, 0.29) is 24.2 Å². The number of aliphatic imine (C=N–C) groups is 1. The highest BCUT2D eigenvalue weighted by molar-refractivity contribution is 6.12. The Hall–Kier alpha value is -3.00. The summed E-state index contributed by atoms with van der Waals surface area (Å²) in [4.78, 5) is 15.3. The van der Waals surface area contributed by atoms with Gasteiger partial charge < -0.3 is 19.4 Å². The molecule has 186 valence electrons. The molecule has 4 heterocycles. The van der Waals surface area contributed by atoms with E-state index in [9.17, 15) is 4.39 Å². The van der Waals surface area contributed by atoms with E-state index in [4.69, 9.17) is 4.74 Å². The lowest BCUT2D eigenvalue weighted by Gasteiger charge is -2.35. The minimum Gasteiger partial charge on any atom is -0.486 e. The first-order valence-electron chi connectivity index (χ1n) is 12.5. The van der Waals surface area contributed by atoms with E-state index in [0.29, 0.717) is 36.1 Å². The van der Waals surface area contributed by atoms with Crippen molar-refractivity contribution in [2.24, 2.45) is 4.99 Å². The summed E-state index contributed by atoms with van der Waals surface area (Å²) in [5, 5.41) is 0. The maximum atomic E-state index is 15.2. The van der Waals surface area contributed by atoms with Crippen molar-refractivity contribution in [3.8, 4) is 5.75 Å². The molecule has 3 aliphatic rings. The van der Waals surface area contributed by atoms with Gasteiger partial charge in [-0.1, -0.05) is 13.0 Å². The van der Waals surface area contributed by atoms with E-state index in [1.54, 1.807) is 11.0 Å². The van der Waals surface area contributed by atoms with E-state index in [2.05, 4.69) is 32.8 Å². The molecule has 6 nitrogen and oxygen atoms in total. The van der Waals surface area contributed by atoms with Gasteiger partial charge in [0.1, 0.15) is 24.8 Å². The van der Waals surface area contributed by atoms with Crippen molar-refractivity contribution in [3.05, 3.63) is 59.4 Å². The monoisotopic (exact) mass is 481 g/mol. The molecule has 0 saturated carbocycles. The lowest BCUT2D eigenvalue weighted by atomic mass is 9.90. The van der Waals surface area contributed by atoms with Crippen LogP contribution in [0.2, 0.25) is 0 Å². The van der Waals surface area contributed by atoms with Crippen LogP contribution in [0, 0.1) is 5.82 Å². The molecule has 0 aliphatic carbocycles. The number of hydrogen-bond acceptors (Lipinski definition) is 6. The number of ether oxygens (including phenoxy) is 1. The maximum Gasteiger partial charge on any atom is 0.178 e. The summed E-state index contributed by atoms with van der Waals surface area (Å²) in [6.45, 7) is 10.9. The number of benzene rings is 1. The molecule has 0 bridgehead atoms. The Kier molecular flexibility index (Phi) is 6.73. The van der Waals surface area contributed by atoms with Crippen LogP contribution < -0.4 is 14.5 Å². The summed E-state index contributed by atoms with van der Waals surface area (Å²) in [6.07, 6.45) is 5.58. The molecule has 3 aliphatic heterocycles. The molecule has 35 heavy (non-hydrogen) atoms. The normalized spacial score (nSPS) is 19.4. The second kappa shape index (κ2) is 9.93. The molecule has 0 radical (unpaired) electrons. The van der Waals surface area contributed by atoms with Crippen LogP contribution >= 0.6 is 0 Å². The SMILES string of the molecule is CCN1CCC(c2ccc(N3C=C(F)C(c4cc(F)c5c(c4)N(C(C)C)CCO5)=NC3)nc2)CC1. The topological polar surface area (TPSA) is 44.2 Å². The molecule has 5 rings (SSSR count). The summed E-state index contributed by atoms with van der Waals surface area (Å²) < 4.78 is 35.6. The molecule has 0 N–H and O–H groups in total. The van der Waals surface area contributed by atoms with E-state index >= 15 is 4.39 Å². The van der Waals surface area contributed by atoms with E-state index in [0.717, 1.165) is 32.5 Å². The lowest BCUT2D eigenvalue weighted by Crippen LogP contribution is -2.38. The number of anilines is 2. The third-order valence-corrected chi connectivity index (χ3v) is 7.26. The summed E-state index contributed by atoms with van der Waals surface area (Å²) in [6, 6.07) is 7.28. The largest absolute Gasteiger partial charge is 0.486 e. The van der Waals surface area contributed by atoms with E-state index < -0.39 is 11.6 Å². The Morgan fingerprint density at radius 2 is 1.91 bits per heavy atom. The van der Waals surface area contributed by atoms with Crippen molar-refractivity contribution in [2.75, 3.05) is 49.3 Å². The second-order valence-corrected chi connectivity index (χ2v) is 9.70. The van der Waals surface area contributed by atoms with Gasteiger partial charge in [-0.25, -0.2) is 13.8 Å². The zero-order valence-corrected chi connectivity index (χ0v) is 20.7. The number of hydrogen-bond donors (Lipinski definition) is 0. The zero-order valence-electron chi connectivity index (χ0n) is 20.7. The molecule has 1 aromatic carbocycles. The van der Waals surface area contributed by atoms with Crippen LogP contribution in [0.15, 0.2) is 47.5 Å². The number of pyridine rings is 1. The molecule has 2 aromatic rings. The minimum atomic E-state index is -0.513. The number of halogens is 2. The van der Waals surface area contributed by atoms with E-state index in [1.807, 2.05) is 26.1 Å². The zero-order chi connectivity index (χ0) is 24.5. The van der Waals surface area contributed by atoms with Gasteiger partial charge in [0.25, 0.3) is 0 Å². The van der Waals surface area contributed by atoms with Crippen molar-refractivity contribution < 1.29 is 13.5 Å². The first-order chi connectivity index (χ1) is 16.9. The molecule has 8 heteroatoms. The van der Waals surface area contributed by atoms with Crippen LogP contribution in [-0.4, -0.2) is 61.1 Å². The number of allylic oxidation sites excluding steroid dienone is 1. The predicted molar refractivity (Wildman–Crippen MR) is 136 cm³/mol. The van der Waals surface area contributed by atoms with Gasteiger partial charge >= 0.3 is 0 Å². The number of likely N-dealkylation sites (tertiary alicyclic amines) is 1. The summed E-state index contributed by atoms with van der Waals surface area (Å²) >= 11 is 0. The van der Waals surface area contributed by atoms with Gasteiger partial charge in [0.05, 0.1) is 12.2 Å². The molecule has 1 fully saturated rings. The average Bonchev–Trinajstić information content (AvgIpc) is 2.88. The standard InChI is InChI=1S/C27H33F2N5O/c1-4-32-9-7-19(8-10-32)20-5-6-25(30-15-20)33-16-23(29)26(31-17-33)21-13-22(28)27-24(14-21)34(18(2)3)11-12-35-27/h5-6,13-16,18-19H,4,7-12,17H2,1-3H3. The quantitative estimate of drug-likeness (QED) is 0.594. The summed E-state index contributed by atoms with van der Waals surface area (Å²) in [7, 11) is 0. The van der Waals surface area contributed by atoms with Crippen molar-refractivity contribution in [2.45, 2.75) is 45.6 Å². The van der Waals surface area contributed by atoms with Crippen LogP contribution in [0.25, 0.3) is 0 Å². The number of aromatic nitrogens is 1. The third-order valence-electron chi connectivity index (χ3n) is 7.26. The molecule has 0 spiro atoms. The second-order valence-electron chi connectivity index (χ2n) is 9.70. The summed E-state index contributed by atoms with van der Waals surface area (Å²) in [5.74, 6) is 0.379. The third kappa shape index (κ3) is 4.76. The number of rotatable bonds is 5.